The molecule has 25 heavy (non-hydrogen) atoms. The van der Waals surface area contributed by atoms with Crippen LogP contribution < -0.4 is 9.64 Å². The molecule has 2 aromatic carbocycles. The quantitative estimate of drug-likeness (QED) is 0.753. The molecule has 0 aliphatic carbocycles. The number of benzene rings is 2. The van der Waals surface area contributed by atoms with Crippen molar-refractivity contribution < 1.29 is 13.5 Å². The number of hydrogen-bond acceptors (Lipinski definition) is 3. The fraction of sp³-hybridized carbons (Fsp3) is 0.250. The smallest absolute Gasteiger partial charge is 0.270 e. The van der Waals surface area contributed by atoms with E-state index >= 15 is 0 Å². The summed E-state index contributed by atoms with van der Waals surface area (Å²) in [5.74, 6) is -2.13. The maximum absolute atomic E-state index is 13.7. The predicted octanol–water partition coefficient (Wildman–Crippen LogP) is 5.30. The number of aliphatic imine (C=N–C) groups is 1. The van der Waals surface area contributed by atoms with Crippen LogP contribution in [0.4, 0.5) is 14.5 Å². The molecule has 0 bridgehead atoms. The van der Waals surface area contributed by atoms with Gasteiger partial charge in [0.25, 0.3) is 5.92 Å². The zero-order valence-electron chi connectivity index (χ0n) is 14.4. The van der Waals surface area contributed by atoms with Gasteiger partial charge in [-0.25, -0.2) is 8.78 Å². The van der Waals surface area contributed by atoms with E-state index in [0.717, 1.165) is 23.8 Å². The average molecular weight is 342 g/mol. The van der Waals surface area contributed by atoms with Crippen LogP contribution in [0.2, 0.25) is 0 Å². The largest absolute Gasteiger partial charge is 0.497 e. The number of ether oxygens (including phenoxy) is 1. The number of alkyl halides is 2. The first kappa shape index (κ1) is 17.1. The van der Waals surface area contributed by atoms with Crippen LogP contribution >= 0.6 is 0 Å². The number of anilines is 1. The van der Waals surface area contributed by atoms with Crippen molar-refractivity contribution in [3.63, 3.8) is 0 Å². The Morgan fingerprint density at radius 2 is 1.84 bits per heavy atom. The zero-order chi connectivity index (χ0) is 18.0. The standard InChI is InChI=1S/C20H20F2N2O/c1-14-12-23-19(15-7-9-18(25-3)10-8-15)24(13-14)17-6-4-5-16(11-17)20(2,21)22/h4-13,19H,1-3H3. The number of rotatable bonds is 4. The Bertz CT molecular complexity index is 807. The minimum Gasteiger partial charge on any atom is -0.497 e. The van der Waals surface area contributed by atoms with Gasteiger partial charge in [-0.15, -0.1) is 0 Å². The number of halogens is 2. The normalized spacial score (nSPS) is 17.4. The van der Waals surface area contributed by atoms with Gasteiger partial charge in [0, 0.05) is 30.6 Å². The molecule has 0 aromatic heterocycles. The molecule has 0 saturated heterocycles. The summed E-state index contributed by atoms with van der Waals surface area (Å²) in [7, 11) is 1.61. The van der Waals surface area contributed by atoms with Crippen LogP contribution in [0.25, 0.3) is 0 Å². The Morgan fingerprint density at radius 3 is 2.48 bits per heavy atom. The van der Waals surface area contributed by atoms with Crippen molar-refractivity contribution in [2.75, 3.05) is 12.0 Å². The van der Waals surface area contributed by atoms with Crippen LogP contribution in [0.15, 0.2) is 65.3 Å². The number of allylic oxidation sites excluding steroid dienone is 1. The van der Waals surface area contributed by atoms with Crippen molar-refractivity contribution >= 4 is 11.9 Å². The molecular formula is C20H20F2N2O. The van der Waals surface area contributed by atoms with Gasteiger partial charge in [0.2, 0.25) is 0 Å². The highest BCUT2D eigenvalue weighted by atomic mass is 19.3. The molecule has 3 rings (SSSR count). The molecule has 0 amide bonds. The van der Waals surface area contributed by atoms with Crippen LogP contribution in [0.1, 0.15) is 31.1 Å². The Balaban J connectivity index is 2.00. The molecule has 1 aliphatic heterocycles. The van der Waals surface area contributed by atoms with Crippen LogP contribution in [-0.2, 0) is 5.92 Å². The van der Waals surface area contributed by atoms with Crippen LogP contribution in [-0.4, -0.2) is 13.3 Å². The van der Waals surface area contributed by atoms with Gasteiger partial charge in [0.1, 0.15) is 5.75 Å². The highest BCUT2D eigenvalue weighted by Crippen LogP contribution is 2.35. The summed E-state index contributed by atoms with van der Waals surface area (Å²) in [6.45, 7) is 2.83. The van der Waals surface area contributed by atoms with E-state index in [9.17, 15) is 8.78 Å². The van der Waals surface area contributed by atoms with Gasteiger partial charge in [-0.2, -0.15) is 0 Å². The summed E-state index contributed by atoms with van der Waals surface area (Å²) in [6.07, 6.45) is 3.41. The highest BCUT2D eigenvalue weighted by molar-refractivity contribution is 5.81. The van der Waals surface area contributed by atoms with E-state index in [0.29, 0.717) is 5.69 Å². The number of methoxy groups -OCH3 is 1. The second-order valence-electron chi connectivity index (χ2n) is 6.14. The fourth-order valence-electron chi connectivity index (χ4n) is 2.76. The fourth-order valence-corrected chi connectivity index (χ4v) is 2.76. The highest BCUT2D eigenvalue weighted by Gasteiger charge is 2.27. The van der Waals surface area contributed by atoms with Gasteiger partial charge in [0.15, 0.2) is 6.17 Å². The zero-order valence-corrected chi connectivity index (χ0v) is 14.4. The Hall–Kier alpha value is -2.69. The van der Waals surface area contributed by atoms with Gasteiger partial charge in [0.05, 0.1) is 7.11 Å². The first-order chi connectivity index (χ1) is 11.9. The lowest BCUT2D eigenvalue weighted by Gasteiger charge is -2.31. The number of nitrogens with zero attached hydrogens (tertiary/aromatic N) is 2. The van der Waals surface area contributed by atoms with E-state index in [4.69, 9.17) is 4.74 Å². The lowest BCUT2D eigenvalue weighted by atomic mass is 10.1. The summed E-state index contributed by atoms with van der Waals surface area (Å²) in [4.78, 5) is 6.50. The van der Waals surface area contributed by atoms with Crippen molar-refractivity contribution in [2.45, 2.75) is 25.9 Å². The maximum Gasteiger partial charge on any atom is 0.270 e. The molecular weight excluding hydrogens is 322 g/mol. The molecule has 0 N–H and O–H groups in total. The van der Waals surface area contributed by atoms with Gasteiger partial charge in [-0.05, 0) is 42.3 Å². The minimum absolute atomic E-state index is 0.0147. The van der Waals surface area contributed by atoms with Gasteiger partial charge in [-0.1, -0.05) is 24.3 Å². The third-order valence-corrected chi connectivity index (χ3v) is 4.09. The Morgan fingerprint density at radius 1 is 1.12 bits per heavy atom. The average Bonchev–Trinajstić information content (AvgIpc) is 2.61. The molecule has 0 spiro atoms. The summed E-state index contributed by atoms with van der Waals surface area (Å²) in [6, 6.07) is 14.0. The lowest BCUT2D eigenvalue weighted by Crippen LogP contribution is -2.25. The van der Waals surface area contributed by atoms with Crippen molar-refractivity contribution in [2.24, 2.45) is 4.99 Å². The predicted molar refractivity (Wildman–Crippen MR) is 96.5 cm³/mol. The Labute approximate surface area is 146 Å². The first-order valence-electron chi connectivity index (χ1n) is 8.01. The topological polar surface area (TPSA) is 24.8 Å². The molecule has 1 aliphatic rings. The second-order valence-corrected chi connectivity index (χ2v) is 6.14. The first-order valence-corrected chi connectivity index (χ1v) is 8.01. The van der Waals surface area contributed by atoms with Gasteiger partial charge >= 0.3 is 0 Å². The summed E-state index contributed by atoms with van der Waals surface area (Å²) >= 11 is 0. The summed E-state index contributed by atoms with van der Waals surface area (Å²) < 4.78 is 32.6. The van der Waals surface area contributed by atoms with Crippen LogP contribution in [0, 0.1) is 0 Å². The molecule has 130 valence electrons. The van der Waals surface area contributed by atoms with E-state index in [1.54, 1.807) is 19.4 Å². The van der Waals surface area contributed by atoms with Gasteiger partial charge in [-0.3, -0.25) is 4.99 Å². The molecule has 0 saturated carbocycles. The van der Waals surface area contributed by atoms with E-state index in [-0.39, 0.29) is 11.7 Å². The second kappa shape index (κ2) is 6.67. The van der Waals surface area contributed by atoms with Gasteiger partial charge < -0.3 is 9.64 Å². The lowest BCUT2D eigenvalue weighted by molar-refractivity contribution is 0.0175. The summed E-state index contributed by atoms with van der Waals surface area (Å²) in [5, 5.41) is 0. The minimum atomic E-state index is -2.89. The van der Waals surface area contributed by atoms with E-state index in [1.807, 2.05) is 48.4 Å². The Kier molecular flexibility index (Phi) is 4.57. The third kappa shape index (κ3) is 3.71. The van der Waals surface area contributed by atoms with E-state index < -0.39 is 5.92 Å². The molecule has 2 aromatic rings. The monoisotopic (exact) mass is 342 g/mol. The number of hydrogen-bond donors (Lipinski definition) is 0. The van der Waals surface area contributed by atoms with Crippen LogP contribution in [0.3, 0.4) is 0 Å². The SMILES string of the molecule is COc1ccc(C2N=CC(C)=CN2c2cccc(C(C)(F)F)c2)cc1. The van der Waals surface area contributed by atoms with Crippen molar-refractivity contribution in [3.8, 4) is 5.75 Å². The molecule has 1 unspecified atom stereocenters. The molecule has 1 atom stereocenters. The van der Waals surface area contributed by atoms with Crippen molar-refractivity contribution in [1.82, 2.24) is 0 Å². The molecule has 1 heterocycles. The molecule has 5 heteroatoms. The summed E-state index contributed by atoms with van der Waals surface area (Å²) in [5.41, 5.74) is 2.57. The third-order valence-electron chi connectivity index (χ3n) is 4.09. The van der Waals surface area contributed by atoms with Crippen molar-refractivity contribution in [1.29, 1.82) is 0 Å². The maximum atomic E-state index is 13.7. The molecule has 3 nitrogen and oxygen atoms in total. The van der Waals surface area contributed by atoms with E-state index in [1.165, 1.54) is 12.1 Å². The van der Waals surface area contributed by atoms with Crippen molar-refractivity contribution in [3.05, 3.63) is 71.4 Å². The van der Waals surface area contributed by atoms with Crippen LogP contribution in [0.5, 0.6) is 5.75 Å². The molecule has 0 fully saturated rings. The molecule has 0 radical (unpaired) electrons. The van der Waals surface area contributed by atoms with E-state index in [2.05, 4.69) is 4.99 Å².